The third kappa shape index (κ3) is 3.19. The molecule has 3 fully saturated rings. The summed E-state index contributed by atoms with van der Waals surface area (Å²) in [6.07, 6.45) is 6.85. The second kappa shape index (κ2) is 6.60. The number of hydrogen-bond donors (Lipinski definition) is 1. The molecular weight excluding hydrogens is 318 g/mol. The van der Waals surface area contributed by atoms with Crippen molar-refractivity contribution in [3.05, 3.63) is 18.5 Å². The minimum atomic E-state index is -0.912. The van der Waals surface area contributed by atoms with Crippen molar-refractivity contribution in [3.8, 4) is 6.07 Å². The summed E-state index contributed by atoms with van der Waals surface area (Å²) in [7, 11) is 0. The lowest BCUT2D eigenvalue weighted by atomic mass is 9.80. The van der Waals surface area contributed by atoms with Gasteiger partial charge < -0.3 is 15.0 Å². The second-order valence-electron chi connectivity index (χ2n) is 7.34. The Morgan fingerprint density at radius 2 is 2.00 bits per heavy atom. The predicted molar refractivity (Wildman–Crippen MR) is 90.3 cm³/mol. The molecule has 7 nitrogen and oxygen atoms in total. The third-order valence-electron chi connectivity index (χ3n) is 5.73. The van der Waals surface area contributed by atoms with Crippen LogP contribution in [0, 0.1) is 28.6 Å². The first-order valence-electron chi connectivity index (χ1n) is 9.04. The zero-order valence-corrected chi connectivity index (χ0v) is 14.2. The van der Waals surface area contributed by atoms with Gasteiger partial charge in [-0.1, -0.05) is 0 Å². The molecule has 1 saturated carbocycles. The van der Waals surface area contributed by atoms with Crippen LogP contribution in [0.3, 0.4) is 0 Å². The van der Waals surface area contributed by atoms with E-state index in [4.69, 9.17) is 4.74 Å². The van der Waals surface area contributed by atoms with Gasteiger partial charge in [-0.25, -0.2) is 9.97 Å². The average Bonchev–Trinajstić information content (AvgIpc) is 3.43. The molecule has 0 spiro atoms. The smallest absolute Gasteiger partial charge is 0.243 e. The average molecular weight is 341 g/mol. The van der Waals surface area contributed by atoms with Crippen LogP contribution in [0.4, 0.5) is 5.95 Å². The van der Waals surface area contributed by atoms with Crippen molar-refractivity contribution in [1.82, 2.24) is 14.9 Å². The Hall–Kier alpha value is -2.20. The van der Waals surface area contributed by atoms with Crippen LogP contribution in [-0.2, 0) is 9.53 Å². The number of nitrogens with one attached hydrogen (secondary N) is 1. The molecular formula is C18H23N5O2. The van der Waals surface area contributed by atoms with Crippen LogP contribution >= 0.6 is 0 Å². The number of aromatic nitrogens is 2. The Kier molecular flexibility index (Phi) is 4.30. The molecule has 25 heavy (non-hydrogen) atoms. The number of rotatable bonds is 4. The number of carbonyl (C=O) groups excluding carboxylic acids is 1. The van der Waals surface area contributed by atoms with Gasteiger partial charge in [0.25, 0.3) is 0 Å². The maximum Gasteiger partial charge on any atom is 0.243 e. The first-order chi connectivity index (χ1) is 12.2. The zero-order valence-electron chi connectivity index (χ0n) is 14.2. The number of nitriles is 1. The van der Waals surface area contributed by atoms with Crippen LogP contribution in [0.15, 0.2) is 18.5 Å². The molecule has 0 unspecified atom stereocenters. The molecule has 4 rings (SSSR count). The van der Waals surface area contributed by atoms with Crippen molar-refractivity contribution in [2.45, 2.75) is 31.7 Å². The first-order valence-corrected chi connectivity index (χ1v) is 9.04. The molecule has 2 aliphatic heterocycles. The largest absolute Gasteiger partial charge is 0.381 e. The highest BCUT2D eigenvalue weighted by molar-refractivity contribution is 5.86. The van der Waals surface area contributed by atoms with Crippen LogP contribution in [-0.4, -0.2) is 53.1 Å². The van der Waals surface area contributed by atoms with Crippen molar-refractivity contribution in [1.29, 1.82) is 5.26 Å². The van der Waals surface area contributed by atoms with Crippen molar-refractivity contribution in [3.63, 3.8) is 0 Å². The highest BCUT2D eigenvalue weighted by Gasteiger charge is 2.49. The fourth-order valence-electron chi connectivity index (χ4n) is 4.09. The van der Waals surface area contributed by atoms with E-state index in [1.165, 1.54) is 12.8 Å². The number of anilines is 1. The molecule has 1 aliphatic carbocycles. The molecule has 0 bridgehead atoms. The van der Waals surface area contributed by atoms with Crippen molar-refractivity contribution in [2.24, 2.45) is 17.3 Å². The maximum absolute atomic E-state index is 13.1. The first kappa shape index (κ1) is 16.3. The van der Waals surface area contributed by atoms with E-state index in [1.807, 2.05) is 4.90 Å². The highest BCUT2D eigenvalue weighted by Crippen LogP contribution is 2.43. The molecule has 132 valence electrons. The number of nitrogens with zero attached hydrogens (tertiary/aromatic N) is 4. The van der Waals surface area contributed by atoms with Gasteiger partial charge >= 0.3 is 0 Å². The minimum Gasteiger partial charge on any atom is -0.381 e. The quantitative estimate of drug-likeness (QED) is 0.891. The summed E-state index contributed by atoms with van der Waals surface area (Å²) >= 11 is 0. The standard InChI is InChI=1S/C18H23N5O2/c19-12-18(4-8-25-9-5-18)16(24)23-10-14(13-2-3-13)15(11-23)22-17-20-6-1-7-21-17/h1,6-7,13-15H,2-5,8-11H2,(H,20,21,22)/t14-,15+/m1/s1. The summed E-state index contributed by atoms with van der Waals surface area (Å²) in [4.78, 5) is 23.5. The Labute approximate surface area is 147 Å². The SMILES string of the molecule is N#CC1(C(=O)N2C[C@H](Nc3ncccn3)[C@@H](C3CC3)C2)CCOCC1. The minimum absolute atomic E-state index is 0.0257. The molecule has 1 aromatic rings. The lowest BCUT2D eigenvalue weighted by Gasteiger charge is -2.33. The number of ether oxygens (including phenoxy) is 1. The van der Waals surface area contributed by atoms with Gasteiger partial charge in [0.2, 0.25) is 11.9 Å². The summed E-state index contributed by atoms with van der Waals surface area (Å²) in [5, 5.41) is 13.1. The predicted octanol–water partition coefficient (Wildman–Crippen LogP) is 1.45. The number of amides is 1. The van der Waals surface area contributed by atoms with Gasteiger partial charge in [-0.3, -0.25) is 4.79 Å². The molecule has 0 radical (unpaired) electrons. The van der Waals surface area contributed by atoms with Crippen LogP contribution in [0.2, 0.25) is 0 Å². The van der Waals surface area contributed by atoms with Crippen molar-refractivity contribution in [2.75, 3.05) is 31.6 Å². The van der Waals surface area contributed by atoms with Gasteiger partial charge in [-0.05, 0) is 37.7 Å². The number of hydrogen-bond acceptors (Lipinski definition) is 6. The zero-order chi connectivity index (χ0) is 17.3. The van der Waals surface area contributed by atoms with Gasteiger partial charge in [0.1, 0.15) is 5.41 Å². The Balaban J connectivity index is 1.50. The van der Waals surface area contributed by atoms with Gasteiger partial charge in [0.05, 0.1) is 12.1 Å². The van der Waals surface area contributed by atoms with E-state index >= 15 is 0 Å². The summed E-state index contributed by atoms with van der Waals surface area (Å²) < 4.78 is 5.36. The monoisotopic (exact) mass is 341 g/mol. The van der Waals surface area contributed by atoms with Crippen LogP contribution in [0.25, 0.3) is 0 Å². The fourth-order valence-corrected chi connectivity index (χ4v) is 4.09. The van der Waals surface area contributed by atoms with Gasteiger partial charge in [-0.15, -0.1) is 0 Å². The molecule has 2 atom stereocenters. The topological polar surface area (TPSA) is 91.1 Å². The Morgan fingerprint density at radius 1 is 1.28 bits per heavy atom. The molecule has 1 amide bonds. The van der Waals surface area contributed by atoms with Crippen LogP contribution in [0.5, 0.6) is 0 Å². The van der Waals surface area contributed by atoms with E-state index in [0.29, 0.717) is 50.4 Å². The molecule has 3 aliphatic rings. The van der Waals surface area contributed by atoms with Crippen molar-refractivity contribution >= 4 is 11.9 Å². The molecule has 1 aromatic heterocycles. The second-order valence-corrected chi connectivity index (χ2v) is 7.34. The van der Waals surface area contributed by atoms with E-state index < -0.39 is 5.41 Å². The third-order valence-corrected chi connectivity index (χ3v) is 5.73. The van der Waals surface area contributed by atoms with Crippen LogP contribution in [0.1, 0.15) is 25.7 Å². The fraction of sp³-hybridized carbons (Fsp3) is 0.667. The van der Waals surface area contributed by atoms with E-state index in [9.17, 15) is 10.1 Å². The molecule has 3 heterocycles. The van der Waals surface area contributed by atoms with Gasteiger partial charge in [0.15, 0.2) is 0 Å². The molecule has 1 N–H and O–H groups in total. The maximum atomic E-state index is 13.1. The molecule has 7 heteroatoms. The van der Waals surface area contributed by atoms with Crippen molar-refractivity contribution < 1.29 is 9.53 Å². The lowest BCUT2D eigenvalue weighted by Crippen LogP contribution is -2.46. The van der Waals surface area contributed by atoms with Crippen LogP contribution < -0.4 is 5.32 Å². The number of likely N-dealkylation sites (tertiary alicyclic amines) is 1. The Morgan fingerprint density at radius 3 is 2.64 bits per heavy atom. The van der Waals surface area contributed by atoms with E-state index in [-0.39, 0.29) is 11.9 Å². The van der Waals surface area contributed by atoms with Gasteiger partial charge in [0, 0.05) is 44.6 Å². The summed E-state index contributed by atoms with van der Waals surface area (Å²) in [5.74, 6) is 1.64. The normalized spacial score (nSPS) is 28.4. The van der Waals surface area contributed by atoms with E-state index in [1.54, 1.807) is 18.5 Å². The lowest BCUT2D eigenvalue weighted by molar-refractivity contribution is -0.142. The highest BCUT2D eigenvalue weighted by atomic mass is 16.5. The van der Waals surface area contributed by atoms with Gasteiger partial charge in [-0.2, -0.15) is 5.26 Å². The molecule has 0 aromatic carbocycles. The summed E-state index contributed by atoms with van der Waals surface area (Å²) in [6.45, 7) is 2.30. The number of carbonyl (C=O) groups is 1. The Bertz CT molecular complexity index is 664. The van der Waals surface area contributed by atoms with E-state index in [0.717, 1.165) is 6.54 Å². The van der Waals surface area contributed by atoms with E-state index in [2.05, 4.69) is 21.4 Å². The molecule has 2 saturated heterocycles. The summed E-state index contributed by atoms with van der Waals surface area (Å²) in [6, 6.07) is 4.24. The summed E-state index contributed by atoms with van der Waals surface area (Å²) in [5.41, 5.74) is -0.912.